The minimum Gasteiger partial charge on any atom is -0.493 e. The van der Waals surface area contributed by atoms with Crippen molar-refractivity contribution in [3.8, 4) is 33.2 Å². The molecule has 0 bridgehead atoms. The minimum absolute atomic E-state index is 0.311. The number of carboxylic acids is 1. The number of thiophene rings is 1. The Morgan fingerprint density at radius 3 is 2.82 bits per heavy atom. The molecule has 0 aliphatic carbocycles. The van der Waals surface area contributed by atoms with Gasteiger partial charge in [0.1, 0.15) is 5.69 Å². The number of methoxy groups -OCH3 is 1. The Morgan fingerprint density at radius 1 is 1.29 bits per heavy atom. The fourth-order valence-corrected chi connectivity index (χ4v) is 4.41. The molecule has 7 heteroatoms. The van der Waals surface area contributed by atoms with Crippen LogP contribution in [0.1, 0.15) is 22.5 Å². The molecule has 1 aromatic carbocycles. The third kappa shape index (κ3) is 3.16. The lowest BCUT2D eigenvalue weighted by molar-refractivity contribution is 0.0685. The Labute approximate surface area is 167 Å². The van der Waals surface area contributed by atoms with E-state index in [9.17, 15) is 9.90 Å². The van der Waals surface area contributed by atoms with Crippen LogP contribution in [-0.4, -0.2) is 35.9 Å². The van der Waals surface area contributed by atoms with Crippen molar-refractivity contribution in [2.24, 2.45) is 5.73 Å². The van der Waals surface area contributed by atoms with E-state index < -0.39 is 5.97 Å². The van der Waals surface area contributed by atoms with E-state index >= 15 is 0 Å². The van der Waals surface area contributed by atoms with Crippen LogP contribution in [0, 0.1) is 0 Å². The summed E-state index contributed by atoms with van der Waals surface area (Å²) in [4.78, 5) is 12.9. The zero-order chi connectivity index (χ0) is 19.7. The summed E-state index contributed by atoms with van der Waals surface area (Å²) in [6.07, 6.45) is 1.49. The van der Waals surface area contributed by atoms with Gasteiger partial charge in [-0.15, -0.1) is 11.3 Å². The van der Waals surface area contributed by atoms with Crippen LogP contribution in [-0.2, 0) is 13.0 Å². The number of nitrogens with two attached hydrogens (primary N) is 1. The highest BCUT2D eigenvalue weighted by atomic mass is 32.1. The van der Waals surface area contributed by atoms with Gasteiger partial charge in [0.2, 0.25) is 0 Å². The number of ether oxygens (including phenoxy) is 2. The number of aryl methyl sites for hydroxylation is 1. The zero-order valence-electron chi connectivity index (χ0n) is 15.6. The number of aromatic carboxylic acids is 1. The van der Waals surface area contributed by atoms with Gasteiger partial charge in [0.25, 0.3) is 0 Å². The fourth-order valence-electron chi connectivity index (χ4n) is 3.67. The number of benzene rings is 1. The van der Waals surface area contributed by atoms with Gasteiger partial charge in [0, 0.05) is 22.5 Å². The van der Waals surface area contributed by atoms with Crippen molar-refractivity contribution < 1.29 is 19.4 Å². The maximum absolute atomic E-state index is 11.8. The van der Waals surface area contributed by atoms with Gasteiger partial charge in [-0.3, -0.25) is 0 Å². The summed E-state index contributed by atoms with van der Waals surface area (Å²) < 4.78 is 13.3. The lowest BCUT2D eigenvalue weighted by atomic mass is 9.95. The van der Waals surface area contributed by atoms with Crippen molar-refractivity contribution in [1.29, 1.82) is 0 Å². The molecule has 0 radical (unpaired) electrons. The van der Waals surface area contributed by atoms with E-state index in [2.05, 4.69) is 0 Å². The molecule has 1 aliphatic heterocycles. The van der Waals surface area contributed by atoms with E-state index in [4.69, 9.17) is 15.2 Å². The molecule has 0 spiro atoms. The Morgan fingerprint density at radius 2 is 2.14 bits per heavy atom. The second-order valence-corrected chi connectivity index (χ2v) is 7.57. The minimum atomic E-state index is -0.916. The molecule has 2 aromatic heterocycles. The number of hydrogen-bond donors (Lipinski definition) is 2. The predicted octanol–water partition coefficient (Wildman–Crippen LogP) is 3.87. The number of aromatic nitrogens is 1. The molecule has 0 saturated carbocycles. The van der Waals surface area contributed by atoms with E-state index in [1.807, 2.05) is 34.2 Å². The van der Waals surface area contributed by atoms with E-state index in [-0.39, 0.29) is 0 Å². The SMILES string of the molecule is COc1cc2c(cc1OCCCN)-c1c(-c3cccs3)cc(C(=O)O)n1CC2. The summed E-state index contributed by atoms with van der Waals surface area (Å²) in [5.41, 5.74) is 9.86. The number of carbonyl (C=O) groups is 1. The van der Waals surface area contributed by atoms with Crippen molar-refractivity contribution in [2.75, 3.05) is 20.3 Å². The smallest absolute Gasteiger partial charge is 0.352 e. The second-order valence-electron chi connectivity index (χ2n) is 6.63. The number of fused-ring (bicyclic) bond motifs is 3. The van der Waals surface area contributed by atoms with Crippen LogP contribution in [0.3, 0.4) is 0 Å². The molecule has 0 saturated heterocycles. The van der Waals surface area contributed by atoms with Crippen LogP contribution in [0.4, 0.5) is 0 Å². The summed E-state index contributed by atoms with van der Waals surface area (Å²) in [7, 11) is 1.63. The summed E-state index contributed by atoms with van der Waals surface area (Å²) in [6, 6.07) is 9.74. The standard InChI is InChI=1S/C21H22N2O4S/c1-26-17-10-13-5-7-23-16(21(24)25)11-15(19-4-2-9-28-19)20(23)14(13)12-18(17)27-8-3-6-22/h2,4,9-12H,3,5-8,22H2,1H3,(H,24,25). The van der Waals surface area contributed by atoms with Gasteiger partial charge in [0.05, 0.1) is 19.4 Å². The summed E-state index contributed by atoms with van der Waals surface area (Å²) in [5.74, 6) is 0.422. The molecule has 0 amide bonds. The van der Waals surface area contributed by atoms with Gasteiger partial charge in [0.15, 0.2) is 11.5 Å². The molecule has 146 valence electrons. The Hall–Kier alpha value is -2.77. The highest BCUT2D eigenvalue weighted by molar-refractivity contribution is 7.13. The number of hydrogen-bond acceptors (Lipinski definition) is 5. The van der Waals surface area contributed by atoms with Crippen LogP contribution in [0.15, 0.2) is 35.7 Å². The third-order valence-corrected chi connectivity index (χ3v) is 5.86. The Balaban J connectivity index is 1.89. The second kappa shape index (κ2) is 7.69. The van der Waals surface area contributed by atoms with Crippen LogP contribution in [0.2, 0.25) is 0 Å². The van der Waals surface area contributed by atoms with Gasteiger partial charge in [-0.1, -0.05) is 6.07 Å². The molecular weight excluding hydrogens is 376 g/mol. The molecule has 1 aliphatic rings. The monoisotopic (exact) mass is 398 g/mol. The molecule has 0 fully saturated rings. The van der Waals surface area contributed by atoms with E-state index in [1.54, 1.807) is 24.5 Å². The average molecular weight is 398 g/mol. The van der Waals surface area contributed by atoms with Gasteiger partial charge in [-0.2, -0.15) is 0 Å². The first-order valence-corrected chi connectivity index (χ1v) is 10.1. The Bertz CT molecular complexity index is 1010. The molecule has 3 N–H and O–H groups in total. The number of nitrogens with zero attached hydrogens (tertiary/aromatic N) is 1. The lowest BCUT2D eigenvalue weighted by Crippen LogP contribution is -2.16. The maximum Gasteiger partial charge on any atom is 0.352 e. The summed E-state index contributed by atoms with van der Waals surface area (Å²) in [6.45, 7) is 1.68. The Kier molecular flexibility index (Phi) is 5.11. The first kappa shape index (κ1) is 18.6. The molecular formula is C21H22N2O4S. The number of rotatable bonds is 7. The predicted molar refractivity (Wildman–Crippen MR) is 110 cm³/mol. The van der Waals surface area contributed by atoms with Crippen molar-refractivity contribution in [3.05, 3.63) is 47.0 Å². The molecule has 3 aromatic rings. The van der Waals surface area contributed by atoms with Crippen LogP contribution in [0.5, 0.6) is 11.5 Å². The highest BCUT2D eigenvalue weighted by Crippen LogP contribution is 2.45. The highest BCUT2D eigenvalue weighted by Gasteiger charge is 2.28. The molecule has 0 atom stereocenters. The molecule has 4 rings (SSSR count). The molecule has 3 heterocycles. The van der Waals surface area contributed by atoms with Gasteiger partial charge in [-0.25, -0.2) is 4.79 Å². The normalized spacial score (nSPS) is 12.4. The van der Waals surface area contributed by atoms with Gasteiger partial charge >= 0.3 is 5.97 Å². The first-order valence-electron chi connectivity index (χ1n) is 9.19. The summed E-state index contributed by atoms with van der Waals surface area (Å²) in [5, 5.41) is 11.7. The lowest BCUT2D eigenvalue weighted by Gasteiger charge is -2.24. The molecule has 28 heavy (non-hydrogen) atoms. The maximum atomic E-state index is 11.8. The van der Waals surface area contributed by atoms with Crippen LogP contribution >= 0.6 is 11.3 Å². The molecule has 6 nitrogen and oxygen atoms in total. The first-order chi connectivity index (χ1) is 13.6. The van der Waals surface area contributed by atoms with Gasteiger partial charge < -0.3 is 24.9 Å². The summed E-state index contributed by atoms with van der Waals surface area (Å²) >= 11 is 1.60. The van der Waals surface area contributed by atoms with Crippen molar-refractivity contribution in [3.63, 3.8) is 0 Å². The largest absolute Gasteiger partial charge is 0.493 e. The zero-order valence-corrected chi connectivity index (χ0v) is 16.4. The average Bonchev–Trinajstić information content (AvgIpc) is 3.35. The number of carboxylic acid groups (broad SMARTS) is 1. The van der Waals surface area contributed by atoms with Crippen molar-refractivity contribution >= 4 is 17.3 Å². The quantitative estimate of drug-likeness (QED) is 0.590. The van der Waals surface area contributed by atoms with Crippen molar-refractivity contribution in [1.82, 2.24) is 4.57 Å². The topological polar surface area (TPSA) is 86.7 Å². The molecule has 0 unspecified atom stereocenters. The third-order valence-electron chi connectivity index (χ3n) is 4.96. The van der Waals surface area contributed by atoms with Crippen molar-refractivity contribution in [2.45, 2.75) is 19.4 Å². The van der Waals surface area contributed by atoms with Gasteiger partial charge in [-0.05, 0) is 54.6 Å². The van der Waals surface area contributed by atoms with Crippen LogP contribution < -0.4 is 15.2 Å². The fraction of sp³-hybridized carbons (Fsp3) is 0.286. The van der Waals surface area contributed by atoms with Crippen LogP contribution in [0.25, 0.3) is 21.7 Å². The van der Waals surface area contributed by atoms with E-state index in [1.165, 1.54) is 0 Å². The van der Waals surface area contributed by atoms with E-state index in [0.717, 1.165) is 40.1 Å². The van der Waals surface area contributed by atoms with E-state index in [0.29, 0.717) is 36.9 Å².